The van der Waals surface area contributed by atoms with Crippen LogP contribution in [0, 0.1) is 0 Å². The third-order valence-corrected chi connectivity index (χ3v) is 9.81. The Kier molecular flexibility index (Phi) is 6.29. The Morgan fingerprint density at radius 1 is 1.04 bits per heavy atom. The van der Waals surface area contributed by atoms with Gasteiger partial charge in [0.2, 0.25) is 0 Å². The van der Waals surface area contributed by atoms with E-state index >= 15 is 0 Å². The molecule has 0 bridgehead atoms. The van der Waals surface area contributed by atoms with Crippen LogP contribution in [0.5, 0.6) is 0 Å². The molecule has 1 aliphatic heterocycles. The predicted molar refractivity (Wildman–Crippen MR) is 101 cm³/mol. The average molecular weight is 336 g/mol. The van der Waals surface area contributed by atoms with Gasteiger partial charge in [0.25, 0.3) is 0 Å². The van der Waals surface area contributed by atoms with E-state index in [2.05, 4.69) is 69.1 Å². The fraction of sp³-hybridized carbons (Fsp3) is 0.684. The van der Waals surface area contributed by atoms with Gasteiger partial charge in [0.05, 0.1) is 19.3 Å². The third kappa shape index (κ3) is 5.33. The first-order valence-electron chi connectivity index (χ1n) is 8.85. The van der Waals surface area contributed by atoms with Gasteiger partial charge in [0, 0.05) is 18.8 Å². The molecule has 4 heteroatoms. The molecule has 0 spiro atoms. The fourth-order valence-electron chi connectivity index (χ4n) is 2.65. The van der Waals surface area contributed by atoms with Gasteiger partial charge in [-0.25, -0.2) is 0 Å². The fourth-order valence-corrected chi connectivity index (χ4v) is 3.67. The maximum Gasteiger partial charge on any atom is 0.192 e. The van der Waals surface area contributed by atoms with Crippen LogP contribution < -0.4 is 4.90 Å². The summed E-state index contributed by atoms with van der Waals surface area (Å²) in [5, 5.41) is 0.272. The molecule has 0 aromatic heterocycles. The van der Waals surface area contributed by atoms with Crippen molar-refractivity contribution in [2.45, 2.75) is 57.8 Å². The van der Waals surface area contributed by atoms with Crippen LogP contribution in [0.4, 0.5) is 5.69 Å². The normalized spacial score (nSPS) is 17.5. The molecule has 0 amide bonds. The molecule has 0 radical (unpaired) electrons. The van der Waals surface area contributed by atoms with Gasteiger partial charge in [0.1, 0.15) is 0 Å². The maximum atomic E-state index is 6.18. The first-order chi connectivity index (χ1) is 10.8. The first kappa shape index (κ1) is 18.5. The highest BCUT2D eigenvalue weighted by Gasteiger charge is 2.36. The number of hydrogen-bond donors (Lipinski definition) is 0. The van der Waals surface area contributed by atoms with E-state index in [-0.39, 0.29) is 5.04 Å². The SMILES string of the molecule is CC(C)(C)[Si](C)(C)OCCOC1CCN(c2ccccc2)CC1. The molecule has 1 aromatic rings. The van der Waals surface area contributed by atoms with E-state index in [1.807, 2.05) is 0 Å². The second-order valence-electron chi connectivity index (χ2n) is 8.00. The summed E-state index contributed by atoms with van der Waals surface area (Å²) in [7, 11) is -1.63. The predicted octanol–water partition coefficient (Wildman–Crippen LogP) is 4.69. The Bertz CT molecular complexity index is 462. The number of para-hydroxylation sites is 1. The minimum absolute atomic E-state index is 0.272. The molecule has 23 heavy (non-hydrogen) atoms. The Morgan fingerprint density at radius 3 is 2.22 bits per heavy atom. The molecule has 1 fully saturated rings. The van der Waals surface area contributed by atoms with Gasteiger partial charge < -0.3 is 14.1 Å². The van der Waals surface area contributed by atoms with Crippen LogP contribution in [0.2, 0.25) is 18.1 Å². The molecule has 0 unspecified atom stereocenters. The molecule has 0 saturated carbocycles. The summed E-state index contributed by atoms with van der Waals surface area (Å²) in [6.45, 7) is 15.0. The minimum Gasteiger partial charge on any atom is -0.414 e. The highest BCUT2D eigenvalue weighted by molar-refractivity contribution is 6.74. The number of benzene rings is 1. The van der Waals surface area contributed by atoms with Crippen molar-refractivity contribution in [1.29, 1.82) is 0 Å². The summed E-state index contributed by atoms with van der Waals surface area (Å²) in [5.41, 5.74) is 1.33. The first-order valence-corrected chi connectivity index (χ1v) is 11.8. The number of nitrogens with zero attached hydrogens (tertiary/aromatic N) is 1. The molecule has 130 valence electrons. The zero-order chi connectivity index (χ0) is 16.9. The monoisotopic (exact) mass is 335 g/mol. The molecule has 3 nitrogen and oxygen atoms in total. The van der Waals surface area contributed by atoms with Crippen molar-refractivity contribution >= 4 is 14.0 Å². The lowest BCUT2D eigenvalue weighted by molar-refractivity contribution is 0.0180. The van der Waals surface area contributed by atoms with E-state index in [0.29, 0.717) is 6.10 Å². The Balaban J connectivity index is 1.66. The van der Waals surface area contributed by atoms with Gasteiger partial charge in [-0.3, -0.25) is 0 Å². The molecule has 1 aliphatic rings. The van der Waals surface area contributed by atoms with Crippen LogP contribution in [0.3, 0.4) is 0 Å². The summed E-state index contributed by atoms with van der Waals surface area (Å²) in [6.07, 6.45) is 2.60. The van der Waals surface area contributed by atoms with Gasteiger partial charge in [-0.1, -0.05) is 39.0 Å². The highest BCUT2D eigenvalue weighted by Crippen LogP contribution is 2.36. The second-order valence-corrected chi connectivity index (χ2v) is 12.8. The molecule has 1 saturated heterocycles. The Labute approximate surface area is 143 Å². The van der Waals surface area contributed by atoms with Gasteiger partial charge in [0.15, 0.2) is 8.32 Å². The largest absolute Gasteiger partial charge is 0.414 e. The average Bonchev–Trinajstić information content (AvgIpc) is 2.52. The topological polar surface area (TPSA) is 21.7 Å². The van der Waals surface area contributed by atoms with E-state index < -0.39 is 8.32 Å². The van der Waals surface area contributed by atoms with Crippen LogP contribution in [-0.4, -0.2) is 40.7 Å². The number of rotatable bonds is 6. The molecular formula is C19H33NO2Si. The van der Waals surface area contributed by atoms with Gasteiger partial charge in [-0.15, -0.1) is 0 Å². The van der Waals surface area contributed by atoms with Crippen molar-refractivity contribution in [3.63, 3.8) is 0 Å². The van der Waals surface area contributed by atoms with Crippen molar-refractivity contribution in [2.24, 2.45) is 0 Å². The highest BCUT2D eigenvalue weighted by atomic mass is 28.4. The van der Waals surface area contributed by atoms with Crippen LogP contribution >= 0.6 is 0 Å². The van der Waals surface area contributed by atoms with Crippen LogP contribution in [0.15, 0.2) is 30.3 Å². The number of piperidine rings is 1. The van der Waals surface area contributed by atoms with Gasteiger partial charge >= 0.3 is 0 Å². The van der Waals surface area contributed by atoms with Crippen LogP contribution in [0.1, 0.15) is 33.6 Å². The maximum absolute atomic E-state index is 6.18. The van der Waals surface area contributed by atoms with E-state index in [1.54, 1.807) is 0 Å². The summed E-state index contributed by atoms with van der Waals surface area (Å²) >= 11 is 0. The summed E-state index contributed by atoms with van der Waals surface area (Å²) in [4.78, 5) is 2.45. The van der Waals surface area contributed by atoms with E-state index in [0.717, 1.165) is 39.1 Å². The zero-order valence-electron chi connectivity index (χ0n) is 15.5. The minimum atomic E-state index is -1.63. The summed E-state index contributed by atoms with van der Waals surface area (Å²) in [6, 6.07) is 10.7. The van der Waals surface area contributed by atoms with Crippen molar-refractivity contribution < 1.29 is 9.16 Å². The number of hydrogen-bond acceptors (Lipinski definition) is 3. The van der Waals surface area contributed by atoms with Crippen molar-refractivity contribution in [3.05, 3.63) is 30.3 Å². The molecule has 1 heterocycles. The van der Waals surface area contributed by atoms with E-state index in [9.17, 15) is 0 Å². The molecule has 0 atom stereocenters. The lowest BCUT2D eigenvalue weighted by Crippen LogP contribution is -2.42. The van der Waals surface area contributed by atoms with E-state index in [4.69, 9.17) is 9.16 Å². The van der Waals surface area contributed by atoms with Crippen molar-refractivity contribution in [3.8, 4) is 0 Å². The smallest absolute Gasteiger partial charge is 0.192 e. The zero-order valence-corrected chi connectivity index (χ0v) is 16.5. The Morgan fingerprint density at radius 2 is 1.65 bits per heavy atom. The van der Waals surface area contributed by atoms with Crippen LogP contribution in [-0.2, 0) is 9.16 Å². The summed E-state index contributed by atoms with van der Waals surface area (Å²) < 4.78 is 12.2. The lowest BCUT2D eigenvalue weighted by Gasteiger charge is -2.36. The Hall–Kier alpha value is -0.843. The van der Waals surface area contributed by atoms with Crippen molar-refractivity contribution in [1.82, 2.24) is 0 Å². The third-order valence-electron chi connectivity index (χ3n) is 5.27. The quantitative estimate of drug-likeness (QED) is 0.556. The van der Waals surface area contributed by atoms with Crippen molar-refractivity contribution in [2.75, 3.05) is 31.2 Å². The van der Waals surface area contributed by atoms with E-state index in [1.165, 1.54) is 5.69 Å². The molecule has 0 aliphatic carbocycles. The molecule has 0 N–H and O–H groups in total. The second kappa shape index (κ2) is 7.82. The standard InChI is InChI=1S/C19H33NO2Si/c1-19(2,3)23(4,5)22-16-15-21-18-11-13-20(14-12-18)17-9-7-6-8-10-17/h6-10,18H,11-16H2,1-5H3. The number of anilines is 1. The molecule has 2 rings (SSSR count). The van der Waals surface area contributed by atoms with Gasteiger partial charge in [-0.2, -0.15) is 0 Å². The summed E-state index contributed by atoms with van der Waals surface area (Å²) in [5.74, 6) is 0. The van der Waals surface area contributed by atoms with Crippen LogP contribution in [0.25, 0.3) is 0 Å². The molecule has 1 aromatic carbocycles. The van der Waals surface area contributed by atoms with Gasteiger partial charge in [-0.05, 0) is 43.1 Å². The molecular weight excluding hydrogens is 302 g/mol. The lowest BCUT2D eigenvalue weighted by atomic mass is 10.1. The number of ether oxygens (including phenoxy) is 1.